The highest BCUT2D eigenvalue weighted by atomic mass is 16.7. The van der Waals surface area contributed by atoms with Gasteiger partial charge in [0.2, 0.25) is 0 Å². The molecule has 1 aromatic carbocycles. The third-order valence-corrected chi connectivity index (χ3v) is 5.82. The predicted octanol–water partition coefficient (Wildman–Crippen LogP) is 2.31. The summed E-state index contributed by atoms with van der Waals surface area (Å²) in [6, 6.07) is 9.74. The molecule has 1 atom stereocenters. The van der Waals surface area contributed by atoms with Gasteiger partial charge in [0, 0.05) is 45.2 Å². The minimum absolute atomic E-state index is 0.0339. The highest BCUT2D eigenvalue weighted by molar-refractivity contribution is 5.30. The van der Waals surface area contributed by atoms with Crippen molar-refractivity contribution >= 4 is 0 Å². The van der Waals surface area contributed by atoms with E-state index in [0.717, 1.165) is 38.6 Å². The maximum atomic E-state index is 5.66. The van der Waals surface area contributed by atoms with Crippen LogP contribution in [0.1, 0.15) is 30.4 Å². The van der Waals surface area contributed by atoms with E-state index in [1.54, 1.807) is 11.1 Å². The number of hydrogen-bond acceptors (Lipinski definition) is 4. The smallest absolute Gasteiger partial charge is 0.158 e. The zero-order valence-corrected chi connectivity index (χ0v) is 14.7. The Morgan fingerprint density at radius 2 is 1.71 bits per heavy atom. The Balaban J connectivity index is 1.22. The Hall–Kier alpha value is -0.940. The molecule has 1 unspecified atom stereocenters. The lowest BCUT2D eigenvalue weighted by Crippen LogP contribution is -2.52. The number of ether oxygens (including phenoxy) is 2. The van der Waals surface area contributed by atoms with Crippen molar-refractivity contribution in [3.63, 3.8) is 0 Å². The van der Waals surface area contributed by atoms with Crippen LogP contribution in [0, 0.1) is 0 Å². The van der Waals surface area contributed by atoms with Gasteiger partial charge in [-0.15, -0.1) is 0 Å². The molecule has 0 saturated carbocycles. The molecule has 0 spiro atoms. The normalized spacial score (nSPS) is 27.1. The number of aryl methyl sites for hydroxylation is 1. The van der Waals surface area contributed by atoms with Crippen LogP contribution >= 0.6 is 0 Å². The molecule has 4 nitrogen and oxygen atoms in total. The minimum Gasteiger partial charge on any atom is -0.353 e. The number of hydrogen-bond donors (Lipinski definition) is 0. The summed E-state index contributed by atoms with van der Waals surface area (Å²) in [6.07, 6.45) is 5.89. The first-order valence-electron chi connectivity index (χ1n) is 9.65. The summed E-state index contributed by atoms with van der Waals surface area (Å²) in [4.78, 5) is 5.30. The van der Waals surface area contributed by atoms with Crippen LogP contribution in [-0.4, -0.2) is 68.1 Å². The Morgan fingerprint density at radius 3 is 2.50 bits per heavy atom. The second-order valence-corrected chi connectivity index (χ2v) is 7.36. The van der Waals surface area contributed by atoms with Gasteiger partial charge >= 0.3 is 0 Å². The number of rotatable bonds is 4. The molecule has 1 aliphatic carbocycles. The molecule has 2 aliphatic heterocycles. The van der Waals surface area contributed by atoms with Gasteiger partial charge in [0.25, 0.3) is 0 Å². The molecule has 0 N–H and O–H groups in total. The van der Waals surface area contributed by atoms with Crippen molar-refractivity contribution in [2.75, 3.05) is 45.9 Å². The molecule has 2 saturated heterocycles. The molecule has 3 aliphatic rings. The molecule has 0 radical (unpaired) electrons. The molecular formula is C20H30N2O2. The first kappa shape index (κ1) is 16.5. The van der Waals surface area contributed by atoms with Gasteiger partial charge in [0.1, 0.15) is 0 Å². The zero-order chi connectivity index (χ0) is 16.2. The minimum atomic E-state index is 0.0339. The molecule has 132 valence electrons. The lowest BCUT2D eigenvalue weighted by Gasteiger charge is -2.41. The Kier molecular flexibility index (Phi) is 5.48. The fourth-order valence-electron chi connectivity index (χ4n) is 4.33. The van der Waals surface area contributed by atoms with Gasteiger partial charge in [0.15, 0.2) is 6.29 Å². The first-order chi connectivity index (χ1) is 11.9. The number of nitrogens with zero attached hydrogens (tertiary/aromatic N) is 2. The molecule has 0 amide bonds. The van der Waals surface area contributed by atoms with E-state index in [9.17, 15) is 0 Å². The van der Waals surface area contributed by atoms with E-state index in [0.29, 0.717) is 0 Å². The Bertz CT molecular complexity index is 522. The van der Waals surface area contributed by atoms with Crippen LogP contribution in [0.3, 0.4) is 0 Å². The average Bonchev–Trinajstić information content (AvgIpc) is 2.67. The van der Waals surface area contributed by atoms with E-state index < -0.39 is 0 Å². The summed E-state index contributed by atoms with van der Waals surface area (Å²) in [6.45, 7) is 7.61. The van der Waals surface area contributed by atoms with Gasteiger partial charge in [-0.1, -0.05) is 24.3 Å². The number of fused-ring (bicyclic) bond motifs is 1. The molecule has 0 aromatic heterocycles. The van der Waals surface area contributed by atoms with E-state index in [1.807, 2.05) is 0 Å². The Morgan fingerprint density at radius 1 is 0.958 bits per heavy atom. The summed E-state index contributed by atoms with van der Waals surface area (Å²) in [5.74, 6) is 0. The second-order valence-electron chi connectivity index (χ2n) is 7.36. The summed E-state index contributed by atoms with van der Waals surface area (Å²) in [5, 5.41) is 0. The van der Waals surface area contributed by atoms with Crippen molar-refractivity contribution in [2.24, 2.45) is 0 Å². The average molecular weight is 330 g/mol. The highest BCUT2D eigenvalue weighted by Gasteiger charge is 2.27. The number of piperazine rings is 1. The van der Waals surface area contributed by atoms with Gasteiger partial charge in [0.05, 0.1) is 13.2 Å². The fourth-order valence-corrected chi connectivity index (χ4v) is 4.33. The maximum Gasteiger partial charge on any atom is 0.158 e. The summed E-state index contributed by atoms with van der Waals surface area (Å²) < 4.78 is 11.3. The third-order valence-electron chi connectivity index (χ3n) is 5.82. The van der Waals surface area contributed by atoms with E-state index in [2.05, 4.69) is 34.1 Å². The van der Waals surface area contributed by atoms with E-state index >= 15 is 0 Å². The number of benzene rings is 1. The largest absolute Gasteiger partial charge is 0.353 e. The van der Waals surface area contributed by atoms with Gasteiger partial charge in [-0.3, -0.25) is 4.90 Å². The van der Waals surface area contributed by atoms with E-state index in [4.69, 9.17) is 9.47 Å². The van der Waals surface area contributed by atoms with Crippen LogP contribution in [0.2, 0.25) is 0 Å². The molecule has 4 rings (SSSR count). The summed E-state index contributed by atoms with van der Waals surface area (Å²) in [5.41, 5.74) is 3.14. The third kappa shape index (κ3) is 3.99. The Labute approximate surface area is 145 Å². The molecule has 0 bridgehead atoms. The summed E-state index contributed by atoms with van der Waals surface area (Å²) >= 11 is 0. The fraction of sp³-hybridized carbons (Fsp3) is 0.700. The predicted molar refractivity (Wildman–Crippen MR) is 95.2 cm³/mol. The van der Waals surface area contributed by atoms with Gasteiger partial charge < -0.3 is 14.4 Å². The van der Waals surface area contributed by atoms with Crippen LogP contribution < -0.4 is 0 Å². The van der Waals surface area contributed by atoms with Crippen LogP contribution in [0.4, 0.5) is 0 Å². The SMILES string of the molecule is c1ccc2c(c1)CCC(N1CCN(CCC3OCCCO3)CC1)C2. The molecular weight excluding hydrogens is 300 g/mol. The topological polar surface area (TPSA) is 24.9 Å². The summed E-state index contributed by atoms with van der Waals surface area (Å²) in [7, 11) is 0. The van der Waals surface area contributed by atoms with Crippen LogP contribution in [0.25, 0.3) is 0 Å². The van der Waals surface area contributed by atoms with E-state index in [-0.39, 0.29) is 6.29 Å². The van der Waals surface area contributed by atoms with Crippen LogP contribution in [0.5, 0.6) is 0 Å². The van der Waals surface area contributed by atoms with Crippen molar-refractivity contribution in [3.8, 4) is 0 Å². The van der Waals surface area contributed by atoms with Crippen molar-refractivity contribution < 1.29 is 9.47 Å². The standard InChI is InChI=1S/C20H30N2O2/c1-2-5-18-16-19(7-6-17(18)4-1)22-12-10-21(11-13-22)9-8-20-23-14-3-15-24-20/h1-2,4-5,19-20H,3,6-16H2. The molecule has 4 heteroatoms. The molecule has 2 heterocycles. The highest BCUT2D eigenvalue weighted by Crippen LogP contribution is 2.25. The van der Waals surface area contributed by atoms with Crippen molar-refractivity contribution in [1.29, 1.82) is 0 Å². The van der Waals surface area contributed by atoms with Gasteiger partial charge in [-0.05, 0) is 36.8 Å². The zero-order valence-electron chi connectivity index (χ0n) is 14.7. The molecule has 24 heavy (non-hydrogen) atoms. The molecule has 1 aromatic rings. The quantitative estimate of drug-likeness (QED) is 0.846. The van der Waals surface area contributed by atoms with Crippen LogP contribution in [0.15, 0.2) is 24.3 Å². The lowest BCUT2D eigenvalue weighted by molar-refractivity contribution is -0.183. The van der Waals surface area contributed by atoms with Crippen LogP contribution in [-0.2, 0) is 22.3 Å². The van der Waals surface area contributed by atoms with Gasteiger partial charge in [-0.2, -0.15) is 0 Å². The van der Waals surface area contributed by atoms with E-state index in [1.165, 1.54) is 45.4 Å². The van der Waals surface area contributed by atoms with Crippen molar-refractivity contribution in [1.82, 2.24) is 9.80 Å². The second kappa shape index (κ2) is 7.96. The van der Waals surface area contributed by atoms with Crippen molar-refractivity contribution in [2.45, 2.75) is 44.4 Å². The lowest BCUT2D eigenvalue weighted by atomic mass is 9.87. The first-order valence-corrected chi connectivity index (χ1v) is 9.65. The maximum absolute atomic E-state index is 5.66. The monoisotopic (exact) mass is 330 g/mol. The van der Waals surface area contributed by atoms with Gasteiger partial charge in [-0.25, -0.2) is 0 Å². The van der Waals surface area contributed by atoms with Crippen molar-refractivity contribution in [3.05, 3.63) is 35.4 Å². The molecule has 2 fully saturated rings.